The molecule has 0 amide bonds. The summed E-state index contributed by atoms with van der Waals surface area (Å²) in [6.07, 6.45) is 88.9. The summed E-state index contributed by atoms with van der Waals surface area (Å²) in [4.78, 5) is 24.4. The number of unbranched alkanes of at least 4 members (excludes halogenated alkanes) is 10. The Bertz CT molecular complexity index is 1570. The molecule has 0 bridgehead atoms. The summed E-state index contributed by atoms with van der Waals surface area (Å²) in [7, 11) is 0. The topological polar surface area (TPSA) is 72.8 Å². The number of allylic oxidation sites excluding steroid dienone is 28. The number of carbonyl (C=O) groups excluding carboxylic acids is 2. The van der Waals surface area contributed by atoms with E-state index in [9.17, 15) is 14.7 Å². The Kier molecular flexibility index (Phi) is 52.6. The van der Waals surface area contributed by atoms with Crippen molar-refractivity contribution in [2.75, 3.05) is 13.2 Å². The molecule has 0 aliphatic heterocycles. The molecular weight excluding hydrogens is 837 g/mol. The van der Waals surface area contributed by atoms with Gasteiger partial charge in [-0.1, -0.05) is 235 Å². The fourth-order valence-corrected chi connectivity index (χ4v) is 6.60. The van der Waals surface area contributed by atoms with Gasteiger partial charge in [-0.15, -0.1) is 0 Å². The summed E-state index contributed by atoms with van der Waals surface area (Å²) in [5, 5.41) is 9.62. The Morgan fingerprint density at radius 2 is 0.618 bits per heavy atom. The lowest BCUT2D eigenvalue weighted by Crippen LogP contribution is -2.28. The minimum absolute atomic E-state index is 0.119. The predicted octanol–water partition coefficient (Wildman–Crippen LogP) is 18.2. The standard InChI is InChI=1S/C63H96O5/c1-3-5-7-9-11-13-15-17-19-21-23-24-25-26-27-28-29-30-31-32-33-34-35-36-37-38-40-42-44-46-48-50-52-54-56-58-63(66)68-61(59-64)60-67-62(65)57-55-53-51-49-47-45-43-41-39-22-20-18-16-14-12-10-8-6-4-2/h5-8,11-14,17-20,23-24,26-27,29-30,32-33,35-36,39,41,45,47,51,53,61,64H,3-4,9-10,15-16,21-22,25,28,31,34,37-38,40,42-44,46,48-50,52,54-60H2,1-2H3/b7-5-,8-6-,13-11-,14-12-,19-17-,20-18-,24-23-,27-26-,30-29-,33-32-,36-35-,41-39-,47-45-,53-51-. The van der Waals surface area contributed by atoms with Gasteiger partial charge in [-0.25, -0.2) is 0 Å². The van der Waals surface area contributed by atoms with Gasteiger partial charge < -0.3 is 14.6 Å². The molecule has 0 aromatic carbocycles. The molecule has 0 fully saturated rings. The highest BCUT2D eigenvalue weighted by molar-refractivity contribution is 5.70. The first kappa shape index (κ1) is 63.3. The van der Waals surface area contributed by atoms with Crippen LogP contribution in [0.2, 0.25) is 0 Å². The monoisotopic (exact) mass is 933 g/mol. The van der Waals surface area contributed by atoms with Crippen molar-refractivity contribution in [1.82, 2.24) is 0 Å². The van der Waals surface area contributed by atoms with Crippen LogP contribution in [0, 0.1) is 0 Å². The SMILES string of the molecule is CC/C=C\C/C=C\C/C=C\C/C=C\C/C=C\C/C=C\C/C=C\C/C=C\CCCCCCCCCCCCC(=O)OC(CO)COC(=O)CC/C=C\C/C=C\C/C=C\C/C=C\C/C=C\C/C=C\CC. The van der Waals surface area contributed by atoms with E-state index >= 15 is 0 Å². The lowest BCUT2D eigenvalue weighted by molar-refractivity contribution is -0.161. The zero-order chi connectivity index (χ0) is 49.2. The van der Waals surface area contributed by atoms with Crippen LogP contribution in [0.25, 0.3) is 0 Å². The van der Waals surface area contributed by atoms with Crippen LogP contribution in [0.3, 0.4) is 0 Å². The third-order valence-corrected chi connectivity index (χ3v) is 10.5. The van der Waals surface area contributed by atoms with Crippen LogP contribution in [-0.4, -0.2) is 36.4 Å². The van der Waals surface area contributed by atoms with Crippen molar-refractivity contribution in [3.05, 3.63) is 170 Å². The average molecular weight is 933 g/mol. The van der Waals surface area contributed by atoms with Crippen molar-refractivity contribution >= 4 is 11.9 Å². The van der Waals surface area contributed by atoms with Crippen LogP contribution in [-0.2, 0) is 19.1 Å². The number of aliphatic hydroxyl groups excluding tert-OH is 1. The Morgan fingerprint density at radius 1 is 0.338 bits per heavy atom. The van der Waals surface area contributed by atoms with Gasteiger partial charge in [0, 0.05) is 12.8 Å². The maximum absolute atomic E-state index is 12.3. The number of aliphatic hydroxyl groups is 1. The fraction of sp³-hybridized carbons (Fsp3) is 0.524. The van der Waals surface area contributed by atoms with Crippen LogP contribution in [0.4, 0.5) is 0 Å². The molecule has 1 unspecified atom stereocenters. The number of hydrogen-bond donors (Lipinski definition) is 1. The Balaban J connectivity index is 3.66. The lowest BCUT2D eigenvalue weighted by Gasteiger charge is -2.15. The summed E-state index contributed by atoms with van der Waals surface area (Å²) >= 11 is 0. The van der Waals surface area contributed by atoms with Crippen molar-refractivity contribution < 1.29 is 24.2 Å². The van der Waals surface area contributed by atoms with E-state index in [1.54, 1.807) is 0 Å². The fourth-order valence-electron chi connectivity index (χ4n) is 6.60. The van der Waals surface area contributed by atoms with Gasteiger partial charge in [0.1, 0.15) is 6.61 Å². The van der Waals surface area contributed by atoms with E-state index in [4.69, 9.17) is 9.47 Å². The average Bonchev–Trinajstić information content (AvgIpc) is 3.34. The van der Waals surface area contributed by atoms with E-state index in [1.807, 2.05) is 12.2 Å². The highest BCUT2D eigenvalue weighted by Gasteiger charge is 2.16. The van der Waals surface area contributed by atoms with Gasteiger partial charge >= 0.3 is 11.9 Å². The first-order valence-electron chi connectivity index (χ1n) is 26.7. The molecule has 0 aromatic heterocycles. The molecule has 5 nitrogen and oxygen atoms in total. The normalized spacial score (nSPS) is 13.6. The van der Waals surface area contributed by atoms with Gasteiger partial charge in [0.25, 0.3) is 0 Å². The van der Waals surface area contributed by atoms with Crippen molar-refractivity contribution in [3.8, 4) is 0 Å². The molecule has 1 N–H and O–H groups in total. The molecule has 0 aromatic rings. The summed E-state index contributed by atoms with van der Waals surface area (Å²) < 4.78 is 10.6. The summed E-state index contributed by atoms with van der Waals surface area (Å²) in [6, 6.07) is 0. The summed E-state index contributed by atoms with van der Waals surface area (Å²) in [5.74, 6) is -0.708. The Morgan fingerprint density at radius 3 is 0.941 bits per heavy atom. The van der Waals surface area contributed by atoms with Gasteiger partial charge in [-0.3, -0.25) is 9.59 Å². The number of esters is 2. The second kappa shape index (κ2) is 56.6. The van der Waals surface area contributed by atoms with Gasteiger partial charge in [-0.2, -0.15) is 0 Å². The third kappa shape index (κ3) is 53.9. The first-order chi connectivity index (χ1) is 33.6. The molecule has 0 saturated carbocycles. The lowest BCUT2D eigenvalue weighted by atomic mass is 10.0. The van der Waals surface area contributed by atoms with Crippen LogP contribution in [0.1, 0.15) is 194 Å². The van der Waals surface area contributed by atoms with Crippen molar-refractivity contribution in [2.24, 2.45) is 0 Å². The number of carbonyl (C=O) groups is 2. The highest BCUT2D eigenvalue weighted by Crippen LogP contribution is 2.13. The van der Waals surface area contributed by atoms with E-state index in [0.29, 0.717) is 12.8 Å². The van der Waals surface area contributed by atoms with E-state index in [2.05, 4.69) is 172 Å². The maximum atomic E-state index is 12.3. The van der Waals surface area contributed by atoms with Crippen LogP contribution >= 0.6 is 0 Å². The van der Waals surface area contributed by atoms with Crippen LogP contribution in [0.15, 0.2) is 170 Å². The van der Waals surface area contributed by atoms with Gasteiger partial charge in [0.2, 0.25) is 0 Å². The van der Waals surface area contributed by atoms with Crippen molar-refractivity contribution in [2.45, 2.75) is 200 Å². The quantitative estimate of drug-likeness (QED) is 0.0374. The molecule has 0 aliphatic carbocycles. The first-order valence-corrected chi connectivity index (χ1v) is 26.7. The molecular formula is C63H96O5. The Hall–Kier alpha value is -4.74. The van der Waals surface area contributed by atoms with Crippen LogP contribution < -0.4 is 0 Å². The predicted molar refractivity (Wildman–Crippen MR) is 297 cm³/mol. The van der Waals surface area contributed by atoms with Crippen molar-refractivity contribution in [3.63, 3.8) is 0 Å². The molecule has 0 radical (unpaired) electrons. The minimum atomic E-state index is -0.819. The smallest absolute Gasteiger partial charge is 0.306 e. The highest BCUT2D eigenvalue weighted by atomic mass is 16.6. The zero-order valence-corrected chi connectivity index (χ0v) is 43.0. The van der Waals surface area contributed by atoms with Crippen molar-refractivity contribution in [1.29, 1.82) is 0 Å². The third-order valence-electron chi connectivity index (χ3n) is 10.5. The molecule has 378 valence electrons. The molecule has 0 rings (SSSR count). The van der Waals surface area contributed by atoms with E-state index < -0.39 is 6.10 Å². The number of ether oxygens (including phenoxy) is 2. The molecule has 0 saturated heterocycles. The van der Waals surface area contributed by atoms with Gasteiger partial charge in [0.15, 0.2) is 6.10 Å². The second-order valence-electron chi connectivity index (χ2n) is 16.8. The number of hydrogen-bond acceptors (Lipinski definition) is 5. The van der Waals surface area contributed by atoms with E-state index in [0.717, 1.165) is 109 Å². The largest absolute Gasteiger partial charge is 0.462 e. The van der Waals surface area contributed by atoms with Gasteiger partial charge in [-0.05, 0) is 116 Å². The van der Waals surface area contributed by atoms with E-state index in [1.165, 1.54) is 51.4 Å². The molecule has 68 heavy (non-hydrogen) atoms. The summed E-state index contributed by atoms with van der Waals surface area (Å²) in [6.45, 7) is 3.82. The molecule has 1 atom stereocenters. The Labute approximate surface area is 417 Å². The molecule has 0 heterocycles. The zero-order valence-electron chi connectivity index (χ0n) is 43.0. The maximum Gasteiger partial charge on any atom is 0.306 e. The molecule has 0 spiro atoms. The number of rotatable bonds is 46. The van der Waals surface area contributed by atoms with Gasteiger partial charge in [0.05, 0.1) is 6.61 Å². The van der Waals surface area contributed by atoms with E-state index in [-0.39, 0.29) is 31.6 Å². The molecule has 5 heteroatoms. The second-order valence-corrected chi connectivity index (χ2v) is 16.8. The molecule has 0 aliphatic rings. The summed E-state index contributed by atoms with van der Waals surface area (Å²) in [5.41, 5.74) is 0. The van der Waals surface area contributed by atoms with Crippen LogP contribution in [0.5, 0.6) is 0 Å². The minimum Gasteiger partial charge on any atom is -0.462 e.